The lowest BCUT2D eigenvalue weighted by molar-refractivity contribution is 0.151. The zero-order valence-corrected chi connectivity index (χ0v) is 9.59. The van der Waals surface area contributed by atoms with E-state index in [1.54, 1.807) is 0 Å². The van der Waals surface area contributed by atoms with Crippen LogP contribution < -0.4 is 0 Å². The molecule has 2 aliphatic rings. The maximum Gasteiger partial charge on any atom is 0.153 e. The average molecular weight is 217 g/mol. The first-order valence-corrected chi connectivity index (χ1v) is 7.33. The summed E-state index contributed by atoms with van der Waals surface area (Å²) < 4.78 is 22.7. The van der Waals surface area contributed by atoms with E-state index >= 15 is 0 Å². The van der Waals surface area contributed by atoms with Crippen molar-refractivity contribution in [3.05, 3.63) is 0 Å². The summed E-state index contributed by atoms with van der Waals surface area (Å²) in [5, 5.41) is 0. The molecule has 1 saturated heterocycles. The maximum atomic E-state index is 11.3. The summed E-state index contributed by atoms with van der Waals surface area (Å²) in [5.41, 5.74) is 0. The first-order valence-electron chi connectivity index (χ1n) is 5.51. The predicted octanol–water partition coefficient (Wildman–Crippen LogP) is 0.905. The van der Waals surface area contributed by atoms with Crippen molar-refractivity contribution in [1.29, 1.82) is 0 Å². The molecule has 0 radical (unpaired) electrons. The van der Waals surface area contributed by atoms with Crippen LogP contribution in [0.25, 0.3) is 0 Å². The highest BCUT2D eigenvalue weighted by molar-refractivity contribution is 7.91. The molecule has 0 aromatic rings. The Balaban J connectivity index is 1.88. The molecule has 4 heteroatoms. The van der Waals surface area contributed by atoms with Crippen molar-refractivity contribution >= 4 is 9.84 Å². The fraction of sp³-hybridized carbons (Fsp3) is 1.00. The summed E-state index contributed by atoms with van der Waals surface area (Å²) in [6, 6.07) is 0.231. The molecule has 1 aliphatic heterocycles. The molecule has 0 N–H and O–H groups in total. The molecule has 0 aromatic heterocycles. The summed E-state index contributed by atoms with van der Waals surface area (Å²) in [4.78, 5) is 2.35. The van der Waals surface area contributed by atoms with Crippen LogP contribution in [0.5, 0.6) is 0 Å². The Morgan fingerprint density at radius 1 is 1.36 bits per heavy atom. The lowest BCUT2D eigenvalue weighted by atomic mass is 9.85. The van der Waals surface area contributed by atoms with E-state index in [0.29, 0.717) is 11.5 Å². The number of hydrogen-bond acceptors (Lipinski definition) is 3. The molecule has 1 atom stereocenters. The molecule has 2 rings (SSSR count). The van der Waals surface area contributed by atoms with Gasteiger partial charge in [0.15, 0.2) is 9.84 Å². The summed E-state index contributed by atoms with van der Waals surface area (Å²) in [7, 11) is -2.73. The standard InChI is InChI=1S/C10H19NO2S/c1-9-8-14(12,13)6-5-11(9)7-10-3-2-4-10/h9-10H,2-8H2,1H3. The summed E-state index contributed by atoms with van der Waals surface area (Å²) in [6.07, 6.45) is 4.05. The third kappa shape index (κ3) is 2.28. The SMILES string of the molecule is CC1CS(=O)(=O)CCN1CC1CCC1. The Morgan fingerprint density at radius 3 is 2.57 bits per heavy atom. The van der Waals surface area contributed by atoms with Gasteiger partial charge in [-0.05, 0) is 25.7 Å². The van der Waals surface area contributed by atoms with Crippen LogP contribution in [0.4, 0.5) is 0 Å². The number of sulfone groups is 1. The molecule has 3 nitrogen and oxygen atoms in total. The van der Waals surface area contributed by atoms with E-state index in [4.69, 9.17) is 0 Å². The van der Waals surface area contributed by atoms with Gasteiger partial charge in [-0.1, -0.05) is 6.42 Å². The predicted molar refractivity (Wildman–Crippen MR) is 57.0 cm³/mol. The fourth-order valence-corrected chi connectivity index (χ4v) is 3.94. The minimum absolute atomic E-state index is 0.231. The molecule has 82 valence electrons. The van der Waals surface area contributed by atoms with Gasteiger partial charge >= 0.3 is 0 Å². The van der Waals surface area contributed by atoms with E-state index in [-0.39, 0.29) is 6.04 Å². The van der Waals surface area contributed by atoms with Crippen molar-refractivity contribution in [3.8, 4) is 0 Å². The Bertz CT molecular complexity index is 295. The Kier molecular flexibility index (Phi) is 2.84. The van der Waals surface area contributed by atoms with Crippen LogP contribution in [0.1, 0.15) is 26.2 Å². The normalized spacial score (nSPS) is 33.9. The molecule has 1 heterocycles. The van der Waals surface area contributed by atoms with Gasteiger partial charge in [-0.15, -0.1) is 0 Å². The van der Waals surface area contributed by atoms with Crippen molar-refractivity contribution in [2.24, 2.45) is 5.92 Å². The Labute approximate surface area is 86.4 Å². The first kappa shape index (κ1) is 10.4. The molecule has 0 bridgehead atoms. The van der Waals surface area contributed by atoms with E-state index < -0.39 is 9.84 Å². The highest BCUT2D eigenvalue weighted by atomic mass is 32.2. The smallest absolute Gasteiger partial charge is 0.153 e. The maximum absolute atomic E-state index is 11.3. The van der Waals surface area contributed by atoms with Gasteiger partial charge < -0.3 is 0 Å². The van der Waals surface area contributed by atoms with Crippen molar-refractivity contribution in [2.45, 2.75) is 32.2 Å². The quantitative estimate of drug-likeness (QED) is 0.690. The van der Waals surface area contributed by atoms with Gasteiger partial charge in [-0.25, -0.2) is 8.42 Å². The van der Waals surface area contributed by atoms with Crippen molar-refractivity contribution < 1.29 is 8.42 Å². The van der Waals surface area contributed by atoms with Crippen LogP contribution in [-0.2, 0) is 9.84 Å². The molecule has 1 unspecified atom stereocenters. The zero-order chi connectivity index (χ0) is 10.2. The lowest BCUT2D eigenvalue weighted by Crippen LogP contribution is -2.49. The molecule has 0 amide bonds. The molecule has 0 spiro atoms. The molecular formula is C10H19NO2S. The average Bonchev–Trinajstić information content (AvgIpc) is 1.98. The second-order valence-electron chi connectivity index (χ2n) is 4.76. The van der Waals surface area contributed by atoms with Gasteiger partial charge in [-0.2, -0.15) is 0 Å². The fourth-order valence-electron chi connectivity index (χ4n) is 2.31. The van der Waals surface area contributed by atoms with Gasteiger partial charge in [0, 0.05) is 19.1 Å². The summed E-state index contributed by atoms with van der Waals surface area (Å²) in [5.74, 6) is 1.57. The van der Waals surface area contributed by atoms with Crippen molar-refractivity contribution in [3.63, 3.8) is 0 Å². The van der Waals surface area contributed by atoms with Crippen LogP contribution in [-0.4, -0.2) is 44.0 Å². The first-order chi connectivity index (χ1) is 6.57. The third-order valence-electron chi connectivity index (χ3n) is 3.53. The number of rotatable bonds is 2. The second kappa shape index (κ2) is 3.81. The van der Waals surface area contributed by atoms with Crippen LogP contribution >= 0.6 is 0 Å². The van der Waals surface area contributed by atoms with Crippen LogP contribution in [0.2, 0.25) is 0 Å². The monoisotopic (exact) mass is 217 g/mol. The summed E-state index contributed by atoms with van der Waals surface area (Å²) >= 11 is 0. The number of nitrogens with zero attached hydrogens (tertiary/aromatic N) is 1. The second-order valence-corrected chi connectivity index (χ2v) is 6.98. The largest absolute Gasteiger partial charge is 0.298 e. The topological polar surface area (TPSA) is 37.4 Å². The van der Waals surface area contributed by atoms with Gasteiger partial charge in [0.2, 0.25) is 0 Å². The van der Waals surface area contributed by atoms with Gasteiger partial charge in [-0.3, -0.25) is 4.90 Å². The third-order valence-corrected chi connectivity index (χ3v) is 5.32. The van der Waals surface area contributed by atoms with E-state index in [2.05, 4.69) is 4.90 Å². The molecule has 1 aliphatic carbocycles. The molecule has 0 aromatic carbocycles. The highest BCUT2D eigenvalue weighted by Crippen LogP contribution is 2.28. The van der Waals surface area contributed by atoms with Crippen LogP contribution in [0, 0.1) is 5.92 Å². The molecule has 1 saturated carbocycles. The van der Waals surface area contributed by atoms with Gasteiger partial charge in [0.05, 0.1) is 11.5 Å². The van der Waals surface area contributed by atoms with Crippen molar-refractivity contribution in [2.75, 3.05) is 24.6 Å². The van der Waals surface area contributed by atoms with Crippen molar-refractivity contribution in [1.82, 2.24) is 4.90 Å². The Hall–Kier alpha value is -0.0900. The van der Waals surface area contributed by atoms with Crippen LogP contribution in [0.3, 0.4) is 0 Å². The van der Waals surface area contributed by atoms with Crippen LogP contribution in [0.15, 0.2) is 0 Å². The van der Waals surface area contributed by atoms with E-state index in [1.165, 1.54) is 19.3 Å². The highest BCUT2D eigenvalue weighted by Gasteiger charge is 2.30. The molecule has 14 heavy (non-hydrogen) atoms. The lowest BCUT2D eigenvalue weighted by Gasteiger charge is -2.38. The van der Waals surface area contributed by atoms with Gasteiger partial charge in [0.1, 0.15) is 0 Å². The molecule has 2 fully saturated rings. The minimum atomic E-state index is -2.73. The molecular weight excluding hydrogens is 198 g/mol. The van der Waals surface area contributed by atoms with E-state index in [0.717, 1.165) is 19.0 Å². The van der Waals surface area contributed by atoms with E-state index in [1.807, 2.05) is 6.92 Å². The number of hydrogen-bond donors (Lipinski definition) is 0. The van der Waals surface area contributed by atoms with E-state index in [9.17, 15) is 8.42 Å². The Morgan fingerprint density at radius 2 is 2.07 bits per heavy atom. The van der Waals surface area contributed by atoms with Gasteiger partial charge in [0.25, 0.3) is 0 Å². The minimum Gasteiger partial charge on any atom is -0.298 e. The zero-order valence-electron chi connectivity index (χ0n) is 8.78. The summed E-state index contributed by atoms with van der Waals surface area (Å²) in [6.45, 7) is 3.91.